The molecule has 1 aliphatic rings. The largest absolute Gasteiger partial charge is 0.329 e. The molecular formula is C12H18N2. The number of nitrogens with two attached hydrogens (primary N) is 2. The van der Waals surface area contributed by atoms with Crippen molar-refractivity contribution in [1.29, 1.82) is 0 Å². The topological polar surface area (TPSA) is 52.0 Å². The number of aryl methyl sites for hydroxylation is 1. The Bertz CT molecular complexity index is 344. The van der Waals surface area contributed by atoms with Gasteiger partial charge >= 0.3 is 0 Å². The first-order valence-electron chi connectivity index (χ1n) is 5.31. The van der Waals surface area contributed by atoms with Gasteiger partial charge in [-0.05, 0) is 48.4 Å². The molecule has 1 atom stereocenters. The van der Waals surface area contributed by atoms with Gasteiger partial charge in [0.15, 0.2) is 0 Å². The summed E-state index contributed by atoms with van der Waals surface area (Å²) >= 11 is 0. The zero-order valence-electron chi connectivity index (χ0n) is 8.72. The summed E-state index contributed by atoms with van der Waals surface area (Å²) in [4.78, 5) is 0. The highest BCUT2D eigenvalue weighted by molar-refractivity contribution is 5.44. The van der Waals surface area contributed by atoms with E-state index in [2.05, 4.69) is 19.1 Å². The molecule has 4 N–H and O–H groups in total. The lowest BCUT2D eigenvalue weighted by Gasteiger charge is -2.15. The van der Waals surface area contributed by atoms with Crippen LogP contribution in [0.1, 0.15) is 34.7 Å². The van der Waals surface area contributed by atoms with Gasteiger partial charge in [0.2, 0.25) is 0 Å². The fourth-order valence-electron chi connectivity index (χ4n) is 2.39. The smallest absolute Gasteiger partial charge is 0.0422 e. The summed E-state index contributed by atoms with van der Waals surface area (Å²) in [6, 6.07) is 4.34. The van der Waals surface area contributed by atoms with Crippen LogP contribution in [0, 0.1) is 6.92 Å². The second-order valence-electron chi connectivity index (χ2n) is 4.12. The fraction of sp³-hybridized carbons (Fsp3) is 0.500. The molecular weight excluding hydrogens is 172 g/mol. The molecule has 1 aliphatic carbocycles. The lowest BCUT2D eigenvalue weighted by atomic mass is 9.95. The van der Waals surface area contributed by atoms with Crippen LogP contribution < -0.4 is 11.5 Å². The summed E-state index contributed by atoms with van der Waals surface area (Å²) in [7, 11) is 0. The molecule has 2 rings (SSSR count). The van der Waals surface area contributed by atoms with Crippen molar-refractivity contribution in [3.63, 3.8) is 0 Å². The van der Waals surface area contributed by atoms with Crippen molar-refractivity contribution in [3.8, 4) is 0 Å². The van der Waals surface area contributed by atoms with E-state index in [1.165, 1.54) is 41.5 Å². The van der Waals surface area contributed by atoms with Crippen molar-refractivity contribution < 1.29 is 0 Å². The van der Waals surface area contributed by atoms with E-state index in [1.807, 2.05) is 0 Å². The van der Waals surface area contributed by atoms with Crippen LogP contribution in [-0.2, 0) is 12.8 Å². The van der Waals surface area contributed by atoms with Crippen LogP contribution in [0.5, 0.6) is 0 Å². The molecule has 0 spiro atoms. The quantitative estimate of drug-likeness (QED) is 0.741. The predicted octanol–water partition coefficient (Wildman–Crippen LogP) is 1.44. The van der Waals surface area contributed by atoms with Crippen molar-refractivity contribution in [2.24, 2.45) is 11.5 Å². The normalized spacial score (nSPS) is 16.8. The number of hydrogen-bond donors (Lipinski definition) is 2. The van der Waals surface area contributed by atoms with Crippen LogP contribution in [0.2, 0.25) is 0 Å². The van der Waals surface area contributed by atoms with Gasteiger partial charge < -0.3 is 11.5 Å². The average molecular weight is 190 g/mol. The van der Waals surface area contributed by atoms with Gasteiger partial charge in [0.1, 0.15) is 0 Å². The van der Waals surface area contributed by atoms with Gasteiger partial charge in [-0.2, -0.15) is 0 Å². The minimum Gasteiger partial charge on any atom is -0.329 e. The van der Waals surface area contributed by atoms with E-state index in [0.717, 1.165) is 0 Å². The third-order valence-electron chi connectivity index (χ3n) is 3.21. The Balaban J connectivity index is 2.48. The van der Waals surface area contributed by atoms with Gasteiger partial charge in [0.05, 0.1) is 0 Å². The second-order valence-corrected chi connectivity index (χ2v) is 4.12. The van der Waals surface area contributed by atoms with Crippen molar-refractivity contribution >= 4 is 0 Å². The first-order valence-corrected chi connectivity index (χ1v) is 5.31. The Labute approximate surface area is 85.3 Å². The van der Waals surface area contributed by atoms with Crippen LogP contribution in [-0.4, -0.2) is 6.54 Å². The maximum atomic E-state index is 5.99. The van der Waals surface area contributed by atoms with Crippen LogP contribution in [0.25, 0.3) is 0 Å². The Morgan fingerprint density at radius 1 is 1.29 bits per heavy atom. The van der Waals surface area contributed by atoms with Gasteiger partial charge in [-0.15, -0.1) is 0 Å². The number of rotatable bonds is 2. The van der Waals surface area contributed by atoms with E-state index in [1.54, 1.807) is 0 Å². The summed E-state index contributed by atoms with van der Waals surface area (Å²) in [5.74, 6) is 0. The van der Waals surface area contributed by atoms with Gasteiger partial charge in [-0.25, -0.2) is 0 Å². The number of benzene rings is 1. The van der Waals surface area contributed by atoms with Crippen molar-refractivity contribution in [3.05, 3.63) is 34.4 Å². The van der Waals surface area contributed by atoms with E-state index >= 15 is 0 Å². The Morgan fingerprint density at radius 3 is 2.71 bits per heavy atom. The standard InChI is InChI=1S/C12H18N2/c1-8-5-6-11(12(14)7-13)10-4-2-3-9(8)10/h5-6,12H,2-4,7,13-14H2,1H3. The molecule has 76 valence electrons. The molecule has 2 heteroatoms. The summed E-state index contributed by atoms with van der Waals surface area (Å²) in [6.07, 6.45) is 3.66. The maximum Gasteiger partial charge on any atom is 0.0422 e. The van der Waals surface area contributed by atoms with Gasteiger partial charge in [-0.1, -0.05) is 12.1 Å². The summed E-state index contributed by atoms with van der Waals surface area (Å²) in [5.41, 5.74) is 17.3. The Kier molecular flexibility index (Phi) is 2.57. The third-order valence-corrected chi connectivity index (χ3v) is 3.21. The molecule has 0 aliphatic heterocycles. The van der Waals surface area contributed by atoms with E-state index < -0.39 is 0 Å². The zero-order valence-corrected chi connectivity index (χ0v) is 8.72. The minimum atomic E-state index is 0.0162. The first-order chi connectivity index (χ1) is 6.74. The van der Waals surface area contributed by atoms with Crippen LogP contribution in [0.15, 0.2) is 12.1 Å². The SMILES string of the molecule is Cc1ccc(C(N)CN)c2c1CCC2. The molecule has 0 amide bonds. The second kappa shape index (κ2) is 3.71. The highest BCUT2D eigenvalue weighted by atomic mass is 14.7. The van der Waals surface area contributed by atoms with Crippen LogP contribution in [0.3, 0.4) is 0 Å². The molecule has 14 heavy (non-hydrogen) atoms. The van der Waals surface area contributed by atoms with Gasteiger partial charge in [0, 0.05) is 12.6 Å². The van der Waals surface area contributed by atoms with E-state index in [4.69, 9.17) is 11.5 Å². The molecule has 0 saturated carbocycles. The third kappa shape index (κ3) is 1.45. The molecule has 0 bridgehead atoms. The summed E-state index contributed by atoms with van der Waals surface area (Å²) in [6.45, 7) is 2.72. The van der Waals surface area contributed by atoms with Crippen molar-refractivity contribution in [2.75, 3.05) is 6.54 Å². The van der Waals surface area contributed by atoms with Crippen LogP contribution >= 0.6 is 0 Å². The summed E-state index contributed by atoms with van der Waals surface area (Å²) in [5, 5.41) is 0. The Morgan fingerprint density at radius 2 is 2.00 bits per heavy atom. The van der Waals surface area contributed by atoms with Gasteiger partial charge in [-0.3, -0.25) is 0 Å². The monoisotopic (exact) mass is 190 g/mol. The molecule has 1 unspecified atom stereocenters. The van der Waals surface area contributed by atoms with E-state index in [0.29, 0.717) is 6.54 Å². The molecule has 0 aromatic heterocycles. The number of fused-ring (bicyclic) bond motifs is 1. The fourth-order valence-corrected chi connectivity index (χ4v) is 2.39. The highest BCUT2D eigenvalue weighted by Crippen LogP contribution is 2.30. The van der Waals surface area contributed by atoms with E-state index in [-0.39, 0.29) is 6.04 Å². The van der Waals surface area contributed by atoms with Crippen molar-refractivity contribution in [1.82, 2.24) is 0 Å². The first kappa shape index (κ1) is 9.69. The molecule has 0 radical (unpaired) electrons. The lowest BCUT2D eigenvalue weighted by Crippen LogP contribution is -2.22. The number of hydrogen-bond acceptors (Lipinski definition) is 2. The zero-order chi connectivity index (χ0) is 10.1. The highest BCUT2D eigenvalue weighted by Gasteiger charge is 2.19. The molecule has 1 aromatic carbocycles. The maximum absolute atomic E-state index is 5.99. The lowest BCUT2D eigenvalue weighted by molar-refractivity contribution is 0.726. The minimum absolute atomic E-state index is 0.0162. The molecule has 1 aromatic rings. The molecule has 2 nitrogen and oxygen atoms in total. The summed E-state index contributed by atoms with van der Waals surface area (Å²) < 4.78 is 0. The van der Waals surface area contributed by atoms with Gasteiger partial charge in [0.25, 0.3) is 0 Å². The van der Waals surface area contributed by atoms with E-state index in [9.17, 15) is 0 Å². The molecule has 0 fully saturated rings. The Hall–Kier alpha value is -0.860. The van der Waals surface area contributed by atoms with Crippen molar-refractivity contribution in [2.45, 2.75) is 32.2 Å². The van der Waals surface area contributed by atoms with Crippen LogP contribution in [0.4, 0.5) is 0 Å². The molecule has 0 saturated heterocycles. The predicted molar refractivity (Wildman–Crippen MR) is 59.2 cm³/mol. The molecule has 0 heterocycles. The average Bonchev–Trinajstić information content (AvgIpc) is 2.67.